The zero-order valence-electron chi connectivity index (χ0n) is 20.4. The fraction of sp³-hybridized carbons (Fsp3) is 0.464. The van der Waals surface area contributed by atoms with Gasteiger partial charge in [0.25, 0.3) is 0 Å². The van der Waals surface area contributed by atoms with Crippen molar-refractivity contribution in [1.29, 1.82) is 0 Å². The minimum Gasteiger partial charge on any atom is -0.491 e. The minimum atomic E-state index is -0.450. The highest BCUT2D eigenvalue weighted by Gasteiger charge is 2.48. The van der Waals surface area contributed by atoms with E-state index in [1.165, 1.54) is 0 Å². The average Bonchev–Trinajstić information content (AvgIpc) is 3.13. The quantitative estimate of drug-likeness (QED) is 0.649. The highest BCUT2D eigenvalue weighted by Crippen LogP contribution is 2.45. The molecule has 4 aliphatic rings. The van der Waals surface area contributed by atoms with Crippen LogP contribution in [0.1, 0.15) is 48.8 Å². The van der Waals surface area contributed by atoms with Gasteiger partial charge in [0.05, 0.1) is 17.7 Å². The van der Waals surface area contributed by atoms with Gasteiger partial charge in [0.1, 0.15) is 18.2 Å². The lowest BCUT2D eigenvalue weighted by molar-refractivity contribution is -0.122. The Balaban J connectivity index is 1.05. The number of fused-ring (bicyclic) bond motifs is 3. The van der Waals surface area contributed by atoms with Crippen molar-refractivity contribution in [2.24, 2.45) is 0 Å². The standard InChI is InChI=1S/C28H32N4O4/c1-2-18-3-5-24-23(13-18)28(27(35)30-24)7-9-31(10-8-28)11-12-36-22-14-19-4-6-25(34)32(26(19)29-17-22)20-15-21(33)16-20/h2-3,5,13-14,17,20-21,33H,1,4,6-12,15-16H2,(H,30,35). The summed E-state index contributed by atoms with van der Waals surface area (Å²) in [4.78, 5) is 34.1. The second-order valence-electron chi connectivity index (χ2n) is 10.4. The Hall–Kier alpha value is -3.23. The first-order chi connectivity index (χ1) is 17.5. The Morgan fingerprint density at radius 2 is 2.00 bits per heavy atom. The first-order valence-electron chi connectivity index (χ1n) is 12.9. The molecule has 8 nitrogen and oxygen atoms in total. The number of amides is 2. The topological polar surface area (TPSA) is 95.0 Å². The molecule has 6 rings (SSSR count). The molecule has 2 fully saturated rings. The van der Waals surface area contributed by atoms with Crippen molar-refractivity contribution in [1.82, 2.24) is 9.88 Å². The number of nitrogens with zero attached hydrogens (tertiary/aromatic N) is 3. The number of aryl methyl sites for hydroxylation is 1. The van der Waals surface area contributed by atoms with Crippen molar-refractivity contribution in [3.63, 3.8) is 0 Å². The molecule has 1 aliphatic carbocycles. The van der Waals surface area contributed by atoms with Gasteiger partial charge in [0.15, 0.2) is 0 Å². The summed E-state index contributed by atoms with van der Waals surface area (Å²) < 4.78 is 6.04. The van der Waals surface area contributed by atoms with Gasteiger partial charge in [-0.25, -0.2) is 4.98 Å². The van der Waals surface area contributed by atoms with Gasteiger partial charge in [0.2, 0.25) is 11.8 Å². The van der Waals surface area contributed by atoms with Gasteiger partial charge in [-0.15, -0.1) is 0 Å². The van der Waals surface area contributed by atoms with Crippen molar-refractivity contribution in [2.45, 2.75) is 56.1 Å². The van der Waals surface area contributed by atoms with Gasteiger partial charge in [-0.3, -0.25) is 19.4 Å². The average molecular weight is 489 g/mol. The third-order valence-corrected chi connectivity index (χ3v) is 8.34. The number of aromatic nitrogens is 1. The van der Waals surface area contributed by atoms with E-state index >= 15 is 0 Å². The zero-order valence-corrected chi connectivity index (χ0v) is 20.4. The molecule has 1 aromatic heterocycles. The fourth-order valence-corrected chi connectivity index (χ4v) is 6.09. The maximum atomic E-state index is 12.9. The van der Waals surface area contributed by atoms with E-state index in [0.29, 0.717) is 43.9 Å². The molecule has 0 atom stereocenters. The van der Waals surface area contributed by atoms with Crippen molar-refractivity contribution in [2.75, 3.05) is 36.5 Å². The number of ether oxygens (including phenoxy) is 1. The van der Waals surface area contributed by atoms with Gasteiger partial charge in [-0.2, -0.15) is 0 Å². The number of rotatable bonds is 6. The Morgan fingerprint density at radius 3 is 2.75 bits per heavy atom. The number of hydrogen-bond acceptors (Lipinski definition) is 6. The molecule has 0 bridgehead atoms. The van der Waals surface area contributed by atoms with Gasteiger partial charge in [-0.05, 0) is 80.1 Å². The third-order valence-electron chi connectivity index (χ3n) is 8.34. The maximum absolute atomic E-state index is 12.9. The van der Waals surface area contributed by atoms with E-state index in [1.807, 2.05) is 24.3 Å². The van der Waals surface area contributed by atoms with E-state index < -0.39 is 5.41 Å². The summed E-state index contributed by atoms with van der Waals surface area (Å²) in [7, 11) is 0. The predicted octanol–water partition coefficient (Wildman–Crippen LogP) is 2.89. The Labute approximate surface area is 210 Å². The lowest BCUT2D eigenvalue weighted by Crippen LogP contribution is -2.52. The number of pyridine rings is 1. The van der Waals surface area contributed by atoms with Crippen LogP contribution in [0.25, 0.3) is 6.08 Å². The lowest BCUT2D eigenvalue weighted by Gasteiger charge is -2.42. The van der Waals surface area contributed by atoms with Crippen molar-refractivity contribution >= 4 is 29.4 Å². The molecule has 4 heterocycles. The third kappa shape index (κ3) is 3.89. The molecule has 2 amide bonds. The number of nitrogens with one attached hydrogen (secondary N) is 1. The first kappa shape index (κ1) is 23.2. The summed E-state index contributed by atoms with van der Waals surface area (Å²) in [6, 6.07) is 8.12. The number of piperidine rings is 1. The van der Waals surface area contributed by atoms with E-state index in [1.54, 1.807) is 11.1 Å². The second kappa shape index (κ2) is 9.01. The number of benzene rings is 1. The van der Waals surface area contributed by atoms with Gasteiger partial charge in [0, 0.05) is 24.7 Å². The molecule has 1 saturated heterocycles. The highest BCUT2D eigenvalue weighted by molar-refractivity contribution is 6.06. The van der Waals surface area contributed by atoms with Crippen LogP contribution >= 0.6 is 0 Å². The van der Waals surface area contributed by atoms with E-state index in [9.17, 15) is 14.7 Å². The van der Waals surface area contributed by atoms with Crippen LogP contribution in [0.4, 0.5) is 11.5 Å². The molecular weight excluding hydrogens is 456 g/mol. The van der Waals surface area contributed by atoms with Crippen LogP contribution < -0.4 is 15.0 Å². The summed E-state index contributed by atoms with van der Waals surface area (Å²) in [5.74, 6) is 1.62. The summed E-state index contributed by atoms with van der Waals surface area (Å²) in [6.45, 7) is 6.85. The molecule has 0 radical (unpaired) electrons. The molecule has 1 spiro atoms. The molecular formula is C28H32N4O4. The summed E-state index contributed by atoms with van der Waals surface area (Å²) in [5, 5.41) is 12.7. The van der Waals surface area contributed by atoms with Crippen LogP contribution in [-0.4, -0.2) is 65.2 Å². The molecule has 1 aromatic carbocycles. The monoisotopic (exact) mass is 488 g/mol. The largest absolute Gasteiger partial charge is 0.491 e. The molecule has 3 aliphatic heterocycles. The SMILES string of the molecule is C=Cc1ccc2c(c1)C1(CCN(CCOc3cnc4c(c3)CCC(=O)N4C3CC(O)C3)CC1)C(=O)N2. The normalized spacial score (nSPS) is 24.6. The fourth-order valence-electron chi connectivity index (χ4n) is 6.09. The number of anilines is 2. The summed E-state index contributed by atoms with van der Waals surface area (Å²) >= 11 is 0. The molecule has 2 N–H and O–H groups in total. The molecule has 8 heteroatoms. The summed E-state index contributed by atoms with van der Waals surface area (Å²) in [6.07, 6.45) is 7.13. The minimum absolute atomic E-state index is 0.0467. The van der Waals surface area contributed by atoms with Crippen LogP contribution in [0.3, 0.4) is 0 Å². The maximum Gasteiger partial charge on any atom is 0.235 e. The van der Waals surface area contributed by atoms with Crippen molar-refractivity contribution < 1.29 is 19.4 Å². The van der Waals surface area contributed by atoms with Gasteiger partial charge >= 0.3 is 0 Å². The van der Waals surface area contributed by atoms with Crippen LogP contribution in [0.2, 0.25) is 0 Å². The van der Waals surface area contributed by atoms with E-state index in [0.717, 1.165) is 54.9 Å². The predicted molar refractivity (Wildman–Crippen MR) is 137 cm³/mol. The van der Waals surface area contributed by atoms with Crippen LogP contribution in [-0.2, 0) is 21.4 Å². The number of hydrogen-bond donors (Lipinski definition) is 2. The Kier molecular flexibility index (Phi) is 5.80. The second-order valence-corrected chi connectivity index (χ2v) is 10.4. The lowest BCUT2D eigenvalue weighted by atomic mass is 9.73. The number of aliphatic hydroxyl groups excluding tert-OH is 1. The Morgan fingerprint density at radius 1 is 1.19 bits per heavy atom. The number of likely N-dealkylation sites (tertiary alicyclic amines) is 1. The van der Waals surface area contributed by atoms with Crippen LogP contribution in [0.5, 0.6) is 5.75 Å². The van der Waals surface area contributed by atoms with E-state index in [4.69, 9.17) is 4.74 Å². The number of carbonyl (C=O) groups is 2. The summed E-state index contributed by atoms with van der Waals surface area (Å²) in [5.41, 5.74) is 3.64. The molecule has 1 saturated carbocycles. The highest BCUT2D eigenvalue weighted by atomic mass is 16.5. The van der Waals surface area contributed by atoms with Crippen molar-refractivity contribution in [3.05, 3.63) is 53.7 Å². The number of carbonyl (C=O) groups excluding carboxylic acids is 2. The zero-order chi connectivity index (χ0) is 24.9. The molecule has 188 valence electrons. The van der Waals surface area contributed by atoms with Gasteiger partial charge < -0.3 is 15.2 Å². The van der Waals surface area contributed by atoms with Crippen LogP contribution in [0.15, 0.2) is 37.0 Å². The Bertz CT molecular complexity index is 1210. The molecule has 0 unspecified atom stereocenters. The smallest absolute Gasteiger partial charge is 0.235 e. The molecule has 2 aromatic rings. The first-order valence-corrected chi connectivity index (χ1v) is 12.9. The van der Waals surface area contributed by atoms with E-state index in [2.05, 4.69) is 27.8 Å². The molecule has 36 heavy (non-hydrogen) atoms. The van der Waals surface area contributed by atoms with Crippen LogP contribution in [0, 0.1) is 0 Å². The van der Waals surface area contributed by atoms with Crippen molar-refractivity contribution in [3.8, 4) is 5.75 Å². The van der Waals surface area contributed by atoms with Gasteiger partial charge in [-0.1, -0.05) is 18.7 Å². The number of aliphatic hydroxyl groups is 1. The van der Waals surface area contributed by atoms with E-state index in [-0.39, 0.29) is 24.0 Å².